The lowest BCUT2D eigenvalue weighted by molar-refractivity contribution is -0.118. The minimum absolute atomic E-state index is 0.186. The Morgan fingerprint density at radius 3 is 2.75 bits per heavy atom. The summed E-state index contributed by atoms with van der Waals surface area (Å²) in [6, 6.07) is 4.05. The van der Waals surface area contributed by atoms with Crippen LogP contribution < -0.4 is 25.3 Å². The van der Waals surface area contributed by atoms with Crippen molar-refractivity contribution in [1.82, 2.24) is 5.32 Å². The van der Waals surface area contributed by atoms with Crippen LogP contribution in [0.25, 0.3) is 0 Å². The summed E-state index contributed by atoms with van der Waals surface area (Å²) >= 11 is 0. The maximum atomic E-state index is 10.8. The number of benzene rings is 1. The van der Waals surface area contributed by atoms with E-state index in [0.29, 0.717) is 29.8 Å². The van der Waals surface area contributed by atoms with Crippen LogP contribution in [-0.4, -0.2) is 25.3 Å². The highest BCUT2D eigenvalue weighted by molar-refractivity contribution is 5.73. The molecule has 0 unspecified atom stereocenters. The molecule has 0 saturated carbocycles. The lowest BCUT2D eigenvalue weighted by atomic mass is 10.1. The second-order valence-electron chi connectivity index (χ2n) is 4.91. The van der Waals surface area contributed by atoms with Crippen molar-refractivity contribution in [2.75, 3.05) is 13.4 Å². The zero-order valence-corrected chi connectivity index (χ0v) is 11.8. The lowest BCUT2D eigenvalue weighted by Gasteiger charge is -2.14. The Bertz CT molecular complexity index is 488. The van der Waals surface area contributed by atoms with E-state index in [-0.39, 0.29) is 25.7 Å². The Morgan fingerprint density at radius 2 is 2.10 bits per heavy atom. The Labute approximate surface area is 118 Å². The molecule has 0 spiro atoms. The van der Waals surface area contributed by atoms with E-state index in [9.17, 15) is 4.79 Å². The standard InChI is InChI=1S/C14H20N2O4/c1-9(2)16-7-10-5-12-13(20-8-19-12)6-11(10)18-4-3-14(15)17/h5-6,9,16H,3-4,7-8H2,1-2H3,(H2,15,17). The van der Waals surface area contributed by atoms with Gasteiger partial charge in [-0.3, -0.25) is 4.79 Å². The summed E-state index contributed by atoms with van der Waals surface area (Å²) in [4.78, 5) is 10.8. The van der Waals surface area contributed by atoms with E-state index >= 15 is 0 Å². The van der Waals surface area contributed by atoms with Gasteiger partial charge < -0.3 is 25.3 Å². The molecule has 0 saturated heterocycles. The summed E-state index contributed by atoms with van der Waals surface area (Å²) in [7, 11) is 0. The normalized spacial score (nSPS) is 12.8. The monoisotopic (exact) mass is 280 g/mol. The number of nitrogens with two attached hydrogens (primary N) is 1. The second kappa shape index (κ2) is 6.47. The van der Waals surface area contributed by atoms with Crippen molar-refractivity contribution < 1.29 is 19.0 Å². The van der Waals surface area contributed by atoms with Gasteiger partial charge in [0, 0.05) is 24.2 Å². The molecular formula is C14H20N2O4. The predicted molar refractivity (Wildman–Crippen MR) is 73.8 cm³/mol. The third kappa shape index (κ3) is 3.77. The van der Waals surface area contributed by atoms with Gasteiger partial charge in [0.15, 0.2) is 11.5 Å². The molecule has 1 heterocycles. The van der Waals surface area contributed by atoms with Gasteiger partial charge in [-0.05, 0) is 6.07 Å². The molecule has 2 rings (SSSR count). The zero-order chi connectivity index (χ0) is 14.5. The number of amides is 1. The van der Waals surface area contributed by atoms with Crippen molar-refractivity contribution >= 4 is 5.91 Å². The van der Waals surface area contributed by atoms with E-state index in [2.05, 4.69) is 19.2 Å². The smallest absolute Gasteiger partial charge is 0.231 e. The molecular weight excluding hydrogens is 260 g/mol. The molecule has 1 aliphatic heterocycles. The van der Waals surface area contributed by atoms with Crippen LogP contribution in [0.1, 0.15) is 25.8 Å². The third-order valence-electron chi connectivity index (χ3n) is 2.86. The van der Waals surface area contributed by atoms with Crippen LogP contribution in [0.3, 0.4) is 0 Å². The molecule has 0 radical (unpaired) electrons. The molecule has 110 valence electrons. The number of ether oxygens (including phenoxy) is 3. The summed E-state index contributed by atoms with van der Waals surface area (Å²) in [5.41, 5.74) is 6.07. The molecule has 0 aliphatic carbocycles. The molecule has 6 nitrogen and oxygen atoms in total. The van der Waals surface area contributed by atoms with Gasteiger partial charge in [0.1, 0.15) is 5.75 Å². The van der Waals surface area contributed by atoms with Gasteiger partial charge >= 0.3 is 0 Å². The van der Waals surface area contributed by atoms with E-state index < -0.39 is 0 Å². The first-order chi connectivity index (χ1) is 9.56. The highest BCUT2D eigenvalue weighted by Crippen LogP contribution is 2.38. The minimum atomic E-state index is -0.382. The third-order valence-corrected chi connectivity index (χ3v) is 2.86. The molecule has 0 atom stereocenters. The Balaban J connectivity index is 2.11. The van der Waals surface area contributed by atoms with Crippen molar-refractivity contribution in [2.24, 2.45) is 5.73 Å². The number of carbonyl (C=O) groups excluding carboxylic acids is 1. The second-order valence-corrected chi connectivity index (χ2v) is 4.91. The molecule has 0 aromatic heterocycles. The highest BCUT2D eigenvalue weighted by atomic mass is 16.7. The average Bonchev–Trinajstić information content (AvgIpc) is 2.82. The quantitative estimate of drug-likeness (QED) is 0.783. The Morgan fingerprint density at radius 1 is 1.40 bits per heavy atom. The minimum Gasteiger partial charge on any atom is -0.493 e. The summed E-state index contributed by atoms with van der Waals surface area (Å²) in [6.45, 7) is 5.27. The fraction of sp³-hybridized carbons (Fsp3) is 0.500. The van der Waals surface area contributed by atoms with Crippen LogP contribution >= 0.6 is 0 Å². The molecule has 1 aliphatic rings. The first-order valence-electron chi connectivity index (χ1n) is 6.63. The average molecular weight is 280 g/mol. The number of primary amides is 1. The summed E-state index contributed by atoms with van der Waals surface area (Å²) in [5.74, 6) is 1.68. The summed E-state index contributed by atoms with van der Waals surface area (Å²) in [5, 5.41) is 3.32. The maximum Gasteiger partial charge on any atom is 0.231 e. The van der Waals surface area contributed by atoms with Gasteiger partial charge in [0.25, 0.3) is 0 Å². The molecule has 3 N–H and O–H groups in total. The fourth-order valence-electron chi connectivity index (χ4n) is 1.81. The summed E-state index contributed by atoms with van der Waals surface area (Å²) < 4.78 is 16.3. The van der Waals surface area contributed by atoms with Gasteiger partial charge in [-0.2, -0.15) is 0 Å². The van der Waals surface area contributed by atoms with Crippen LogP contribution in [-0.2, 0) is 11.3 Å². The summed E-state index contributed by atoms with van der Waals surface area (Å²) in [6.07, 6.45) is 0.186. The van der Waals surface area contributed by atoms with Crippen molar-refractivity contribution in [2.45, 2.75) is 32.9 Å². The number of carbonyl (C=O) groups is 1. The van der Waals surface area contributed by atoms with Crippen LogP contribution in [0.4, 0.5) is 0 Å². The van der Waals surface area contributed by atoms with Crippen LogP contribution in [0, 0.1) is 0 Å². The fourth-order valence-corrected chi connectivity index (χ4v) is 1.81. The largest absolute Gasteiger partial charge is 0.493 e. The van der Waals surface area contributed by atoms with Crippen molar-refractivity contribution in [1.29, 1.82) is 0 Å². The zero-order valence-electron chi connectivity index (χ0n) is 11.8. The SMILES string of the molecule is CC(C)NCc1cc2c(cc1OCCC(N)=O)OCO2. The van der Waals surface area contributed by atoms with Gasteiger partial charge in [0.2, 0.25) is 12.7 Å². The van der Waals surface area contributed by atoms with E-state index in [1.165, 1.54) is 0 Å². The topological polar surface area (TPSA) is 82.8 Å². The lowest BCUT2D eigenvalue weighted by Crippen LogP contribution is -2.22. The Kier molecular flexibility index (Phi) is 4.68. The number of hydrogen-bond acceptors (Lipinski definition) is 5. The van der Waals surface area contributed by atoms with E-state index in [4.69, 9.17) is 19.9 Å². The molecule has 1 aromatic rings. The van der Waals surface area contributed by atoms with Gasteiger partial charge in [-0.25, -0.2) is 0 Å². The van der Waals surface area contributed by atoms with Crippen LogP contribution in [0.15, 0.2) is 12.1 Å². The number of rotatable bonds is 7. The van der Waals surface area contributed by atoms with Crippen molar-refractivity contribution in [3.8, 4) is 17.2 Å². The molecule has 1 aromatic carbocycles. The predicted octanol–water partition coefficient (Wildman–Crippen LogP) is 1.17. The highest BCUT2D eigenvalue weighted by Gasteiger charge is 2.18. The van der Waals surface area contributed by atoms with Crippen LogP contribution in [0.2, 0.25) is 0 Å². The van der Waals surface area contributed by atoms with Crippen LogP contribution in [0.5, 0.6) is 17.2 Å². The molecule has 0 fully saturated rings. The van der Waals surface area contributed by atoms with Crippen molar-refractivity contribution in [3.05, 3.63) is 17.7 Å². The van der Waals surface area contributed by atoms with Crippen molar-refractivity contribution in [3.63, 3.8) is 0 Å². The first-order valence-corrected chi connectivity index (χ1v) is 6.63. The molecule has 6 heteroatoms. The molecule has 0 bridgehead atoms. The molecule has 1 amide bonds. The van der Waals surface area contributed by atoms with E-state index in [1.807, 2.05) is 6.07 Å². The van der Waals surface area contributed by atoms with Gasteiger partial charge in [-0.15, -0.1) is 0 Å². The number of hydrogen-bond donors (Lipinski definition) is 2. The van der Waals surface area contributed by atoms with Gasteiger partial charge in [0.05, 0.1) is 13.0 Å². The maximum absolute atomic E-state index is 10.8. The van der Waals surface area contributed by atoms with E-state index in [1.54, 1.807) is 6.07 Å². The van der Waals surface area contributed by atoms with Gasteiger partial charge in [-0.1, -0.05) is 13.8 Å². The number of fused-ring (bicyclic) bond motifs is 1. The first kappa shape index (κ1) is 14.5. The number of nitrogens with one attached hydrogen (secondary N) is 1. The van der Waals surface area contributed by atoms with E-state index in [0.717, 1.165) is 5.56 Å². The Hall–Kier alpha value is -1.95. The molecule has 20 heavy (non-hydrogen) atoms.